The number of nitrogens with one attached hydrogen (secondary N) is 1. The fourth-order valence-electron chi connectivity index (χ4n) is 2.91. The van der Waals surface area contributed by atoms with Gasteiger partial charge < -0.3 is 19.7 Å². The molecule has 2 aromatic carbocycles. The summed E-state index contributed by atoms with van der Waals surface area (Å²) in [6.45, 7) is 8.15. The molecule has 0 heterocycles. The average molecular weight is 412 g/mol. The Hall–Kier alpha value is -3.35. The summed E-state index contributed by atoms with van der Waals surface area (Å²) in [7, 11) is 0. The summed E-state index contributed by atoms with van der Waals surface area (Å²) in [5, 5.41) is 2.63. The highest BCUT2D eigenvalue weighted by molar-refractivity contribution is 5.97. The third-order valence-corrected chi connectivity index (χ3v) is 4.48. The monoisotopic (exact) mass is 412 g/mol. The topological polar surface area (TPSA) is 84.9 Å². The number of hydrogen-bond acceptors (Lipinski definition) is 5. The van der Waals surface area contributed by atoms with E-state index in [1.807, 2.05) is 39.8 Å². The molecule has 0 radical (unpaired) electrons. The average Bonchev–Trinajstić information content (AvgIpc) is 2.72. The number of benzene rings is 2. The van der Waals surface area contributed by atoms with E-state index in [0.29, 0.717) is 30.1 Å². The zero-order chi connectivity index (χ0) is 22.1. The minimum absolute atomic E-state index is 0.105. The highest BCUT2D eigenvalue weighted by atomic mass is 16.6. The lowest BCUT2D eigenvalue weighted by atomic mass is 10.1. The van der Waals surface area contributed by atoms with Gasteiger partial charge in [0, 0.05) is 24.3 Å². The van der Waals surface area contributed by atoms with E-state index in [0.717, 1.165) is 11.1 Å². The van der Waals surface area contributed by atoms with Crippen molar-refractivity contribution in [3.8, 4) is 5.75 Å². The Labute approximate surface area is 177 Å². The Morgan fingerprint density at radius 3 is 2.37 bits per heavy atom. The van der Waals surface area contributed by atoms with Crippen LogP contribution in [0.3, 0.4) is 0 Å². The Bertz CT molecular complexity index is 906. The quantitative estimate of drug-likeness (QED) is 0.639. The molecule has 0 spiro atoms. The Balaban J connectivity index is 1.83. The van der Waals surface area contributed by atoms with Gasteiger partial charge in [0.2, 0.25) is 0 Å². The molecule has 0 atom stereocenters. The van der Waals surface area contributed by atoms with Crippen molar-refractivity contribution >= 4 is 23.5 Å². The summed E-state index contributed by atoms with van der Waals surface area (Å²) in [6.07, 6.45) is 0. The van der Waals surface area contributed by atoms with Crippen LogP contribution in [0.5, 0.6) is 5.75 Å². The van der Waals surface area contributed by atoms with Crippen molar-refractivity contribution in [2.24, 2.45) is 0 Å². The van der Waals surface area contributed by atoms with Crippen molar-refractivity contribution in [1.29, 1.82) is 0 Å². The van der Waals surface area contributed by atoms with Crippen LogP contribution in [0.1, 0.15) is 35.3 Å². The summed E-state index contributed by atoms with van der Waals surface area (Å²) in [4.78, 5) is 38.1. The lowest BCUT2D eigenvalue weighted by molar-refractivity contribution is -0.149. The first-order chi connectivity index (χ1) is 14.3. The summed E-state index contributed by atoms with van der Waals surface area (Å²) in [5.74, 6) is -0.652. The number of carbonyl (C=O) groups is 3. The molecular weight excluding hydrogens is 384 g/mol. The van der Waals surface area contributed by atoms with Crippen LogP contribution >= 0.6 is 0 Å². The van der Waals surface area contributed by atoms with Gasteiger partial charge in [-0.15, -0.1) is 0 Å². The number of esters is 1. The van der Waals surface area contributed by atoms with Crippen molar-refractivity contribution in [1.82, 2.24) is 4.90 Å². The first-order valence-electron chi connectivity index (χ1n) is 9.88. The molecule has 2 aromatic rings. The first-order valence-corrected chi connectivity index (χ1v) is 9.88. The smallest absolute Gasteiger partial charge is 0.344 e. The van der Waals surface area contributed by atoms with Gasteiger partial charge in [0.25, 0.3) is 11.8 Å². The maximum Gasteiger partial charge on any atom is 0.344 e. The van der Waals surface area contributed by atoms with Crippen LogP contribution in [0.15, 0.2) is 42.5 Å². The van der Waals surface area contributed by atoms with Crippen LogP contribution in [0.4, 0.5) is 5.69 Å². The van der Waals surface area contributed by atoms with Gasteiger partial charge in [-0.3, -0.25) is 9.59 Å². The van der Waals surface area contributed by atoms with E-state index in [1.165, 1.54) is 0 Å². The van der Waals surface area contributed by atoms with E-state index in [2.05, 4.69) is 5.32 Å². The minimum atomic E-state index is -0.643. The van der Waals surface area contributed by atoms with E-state index < -0.39 is 18.5 Å². The normalized spacial score (nSPS) is 10.3. The number of rotatable bonds is 9. The third kappa shape index (κ3) is 6.62. The standard InChI is InChI=1S/C23H28N2O5/c1-5-25(6-2)23(28)18-8-7-9-19(13-18)24-21(26)14-30-22(27)15-29-20-11-10-16(3)12-17(20)4/h7-13H,5-6,14-15H2,1-4H3,(H,24,26). The van der Waals surface area contributed by atoms with Gasteiger partial charge in [0.1, 0.15) is 5.75 Å². The number of ether oxygens (including phenoxy) is 2. The Morgan fingerprint density at radius 1 is 0.967 bits per heavy atom. The van der Waals surface area contributed by atoms with Crippen LogP contribution in [0, 0.1) is 13.8 Å². The highest BCUT2D eigenvalue weighted by Crippen LogP contribution is 2.18. The molecule has 2 rings (SSSR count). The third-order valence-electron chi connectivity index (χ3n) is 4.48. The molecule has 7 nitrogen and oxygen atoms in total. The minimum Gasteiger partial charge on any atom is -0.482 e. The summed E-state index contributed by atoms with van der Waals surface area (Å²) in [6, 6.07) is 12.3. The largest absolute Gasteiger partial charge is 0.482 e. The molecule has 1 N–H and O–H groups in total. The molecule has 30 heavy (non-hydrogen) atoms. The van der Waals surface area contributed by atoms with Gasteiger partial charge in [-0.2, -0.15) is 0 Å². The number of amides is 2. The van der Waals surface area contributed by atoms with Gasteiger partial charge >= 0.3 is 5.97 Å². The predicted molar refractivity (Wildman–Crippen MR) is 115 cm³/mol. The molecule has 0 aliphatic heterocycles. The molecule has 0 saturated carbocycles. The zero-order valence-corrected chi connectivity index (χ0v) is 17.9. The van der Waals surface area contributed by atoms with Gasteiger partial charge in [-0.05, 0) is 57.5 Å². The molecule has 0 aromatic heterocycles. The SMILES string of the molecule is CCN(CC)C(=O)c1cccc(NC(=O)COC(=O)COc2ccc(C)cc2C)c1. The van der Waals surface area contributed by atoms with Gasteiger partial charge in [0.05, 0.1) is 0 Å². The number of nitrogens with zero attached hydrogens (tertiary/aromatic N) is 1. The number of carbonyl (C=O) groups excluding carboxylic acids is 3. The number of aryl methyl sites for hydroxylation is 2. The van der Waals surface area contributed by atoms with Crippen LogP contribution < -0.4 is 10.1 Å². The second-order valence-corrected chi connectivity index (χ2v) is 6.82. The van der Waals surface area contributed by atoms with E-state index in [9.17, 15) is 14.4 Å². The van der Waals surface area contributed by atoms with Crippen molar-refractivity contribution in [3.63, 3.8) is 0 Å². The van der Waals surface area contributed by atoms with Crippen LogP contribution in [-0.4, -0.2) is 49.0 Å². The number of hydrogen-bond donors (Lipinski definition) is 1. The fourth-order valence-corrected chi connectivity index (χ4v) is 2.91. The highest BCUT2D eigenvalue weighted by Gasteiger charge is 2.14. The molecule has 2 amide bonds. The molecule has 7 heteroatoms. The van der Waals surface area contributed by atoms with E-state index in [1.54, 1.807) is 35.2 Å². The second-order valence-electron chi connectivity index (χ2n) is 6.82. The summed E-state index contributed by atoms with van der Waals surface area (Å²) >= 11 is 0. The van der Waals surface area contributed by atoms with Crippen LogP contribution in [0.25, 0.3) is 0 Å². The molecule has 0 aliphatic rings. The maximum atomic E-state index is 12.4. The van der Waals surface area contributed by atoms with Crippen molar-refractivity contribution in [3.05, 3.63) is 59.2 Å². The second kappa shape index (κ2) is 11.0. The zero-order valence-electron chi connectivity index (χ0n) is 17.9. The lowest BCUT2D eigenvalue weighted by Crippen LogP contribution is -2.30. The summed E-state index contributed by atoms with van der Waals surface area (Å²) < 4.78 is 10.4. The lowest BCUT2D eigenvalue weighted by Gasteiger charge is -2.19. The van der Waals surface area contributed by atoms with E-state index in [-0.39, 0.29) is 12.5 Å². The molecule has 0 aliphatic carbocycles. The van der Waals surface area contributed by atoms with E-state index >= 15 is 0 Å². The van der Waals surface area contributed by atoms with Gasteiger partial charge in [-0.1, -0.05) is 23.8 Å². The molecular formula is C23H28N2O5. The van der Waals surface area contributed by atoms with Crippen molar-refractivity contribution in [2.45, 2.75) is 27.7 Å². The predicted octanol–water partition coefficient (Wildman–Crippen LogP) is 3.35. The van der Waals surface area contributed by atoms with E-state index in [4.69, 9.17) is 9.47 Å². The van der Waals surface area contributed by atoms with Crippen molar-refractivity contribution in [2.75, 3.05) is 31.6 Å². The molecule has 0 bridgehead atoms. The van der Waals surface area contributed by atoms with Gasteiger partial charge in [0.15, 0.2) is 13.2 Å². The Morgan fingerprint density at radius 2 is 1.70 bits per heavy atom. The van der Waals surface area contributed by atoms with Crippen molar-refractivity contribution < 1.29 is 23.9 Å². The molecule has 0 fully saturated rings. The summed E-state index contributed by atoms with van der Waals surface area (Å²) in [5.41, 5.74) is 2.96. The first kappa shape index (κ1) is 22.9. The van der Waals surface area contributed by atoms with Crippen LogP contribution in [0.2, 0.25) is 0 Å². The van der Waals surface area contributed by atoms with Crippen LogP contribution in [-0.2, 0) is 14.3 Å². The maximum absolute atomic E-state index is 12.4. The number of anilines is 1. The molecule has 160 valence electrons. The Kier molecular flexibility index (Phi) is 8.41. The molecule has 0 saturated heterocycles. The molecule has 0 unspecified atom stereocenters. The fraction of sp³-hybridized carbons (Fsp3) is 0.348. The van der Waals surface area contributed by atoms with Gasteiger partial charge in [-0.25, -0.2) is 4.79 Å².